The van der Waals surface area contributed by atoms with Crippen molar-refractivity contribution in [3.05, 3.63) is 69.2 Å². The van der Waals surface area contributed by atoms with E-state index in [2.05, 4.69) is 4.72 Å². The molecule has 0 aliphatic carbocycles. The van der Waals surface area contributed by atoms with Crippen LogP contribution in [-0.2, 0) is 10.0 Å². The molecule has 9 heteroatoms. The molecule has 0 aliphatic rings. The predicted molar refractivity (Wildman–Crippen MR) is 83.6 cm³/mol. The zero-order valence-electron chi connectivity index (χ0n) is 11.6. The lowest BCUT2D eigenvalue weighted by Gasteiger charge is -2.11. The van der Waals surface area contributed by atoms with Crippen LogP contribution < -0.4 is 4.72 Å². The van der Waals surface area contributed by atoms with E-state index in [1.54, 1.807) is 0 Å². The number of sulfonamides is 1. The number of hydrogen-bond donors (Lipinski definition) is 1. The molecule has 0 bridgehead atoms. The van der Waals surface area contributed by atoms with Crippen molar-refractivity contribution in [2.24, 2.45) is 0 Å². The minimum atomic E-state index is -3.95. The van der Waals surface area contributed by atoms with Crippen LogP contribution in [-0.4, -0.2) is 19.9 Å². The molecule has 0 saturated heterocycles. The second-order valence-electron chi connectivity index (χ2n) is 4.62. The zero-order valence-corrected chi connectivity index (χ0v) is 13.2. The summed E-state index contributed by atoms with van der Waals surface area (Å²) < 4.78 is 40.2. The highest BCUT2D eigenvalue weighted by Crippen LogP contribution is 2.20. The zero-order chi connectivity index (χ0) is 17.0. The number of non-ortho nitro benzene ring substituents is 1. The molecule has 0 spiro atoms. The second-order valence-corrected chi connectivity index (χ2v) is 6.83. The third kappa shape index (κ3) is 4.47. The quantitative estimate of drug-likeness (QED) is 0.634. The predicted octanol–water partition coefficient (Wildman–Crippen LogP) is 3.24. The van der Waals surface area contributed by atoms with E-state index in [1.807, 2.05) is 0 Å². The summed E-state index contributed by atoms with van der Waals surface area (Å²) in [6.07, 6.45) is -1.54. The van der Waals surface area contributed by atoms with Crippen molar-refractivity contribution in [2.75, 3.05) is 6.54 Å². The summed E-state index contributed by atoms with van der Waals surface area (Å²) in [6, 6.07) is 10.3. The molecule has 0 heterocycles. The summed E-state index contributed by atoms with van der Waals surface area (Å²) in [6.45, 7) is -0.457. The number of hydrogen-bond acceptors (Lipinski definition) is 4. The van der Waals surface area contributed by atoms with Gasteiger partial charge in [0, 0.05) is 23.7 Å². The molecule has 6 nitrogen and oxygen atoms in total. The van der Waals surface area contributed by atoms with Gasteiger partial charge in [0.05, 0.1) is 9.82 Å². The minimum absolute atomic E-state index is 0.175. The SMILES string of the molecule is O=[N+]([O-])c1ccc(S(=O)(=O)NCC(F)c2ccc(Cl)cc2)cc1. The molecule has 2 rings (SSSR count). The van der Waals surface area contributed by atoms with Crippen LogP contribution >= 0.6 is 11.6 Å². The molecule has 0 aromatic heterocycles. The topological polar surface area (TPSA) is 89.3 Å². The number of rotatable bonds is 6. The molecule has 2 aromatic carbocycles. The third-order valence-electron chi connectivity index (χ3n) is 3.04. The fourth-order valence-electron chi connectivity index (χ4n) is 1.80. The van der Waals surface area contributed by atoms with Crippen LogP contribution in [0.5, 0.6) is 0 Å². The van der Waals surface area contributed by atoms with Crippen molar-refractivity contribution in [3.8, 4) is 0 Å². The number of nitrogens with zero attached hydrogens (tertiary/aromatic N) is 1. The molecule has 122 valence electrons. The van der Waals surface area contributed by atoms with Crippen LogP contribution in [0.25, 0.3) is 0 Å². The summed E-state index contributed by atoms with van der Waals surface area (Å²) in [7, 11) is -3.95. The van der Waals surface area contributed by atoms with Gasteiger partial charge in [0.2, 0.25) is 10.0 Å². The van der Waals surface area contributed by atoms with Crippen molar-refractivity contribution in [1.29, 1.82) is 0 Å². The van der Waals surface area contributed by atoms with E-state index in [4.69, 9.17) is 11.6 Å². The van der Waals surface area contributed by atoms with Crippen molar-refractivity contribution in [3.63, 3.8) is 0 Å². The maximum absolute atomic E-state index is 14.0. The summed E-state index contributed by atoms with van der Waals surface area (Å²) in [5.74, 6) is 0. The summed E-state index contributed by atoms with van der Waals surface area (Å²) in [5, 5.41) is 11.0. The molecule has 1 N–H and O–H groups in total. The largest absolute Gasteiger partial charge is 0.269 e. The van der Waals surface area contributed by atoms with E-state index in [0.29, 0.717) is 10.6 Å². The Morgan fingerprint density at radius 2 is 1.70 bits per heavy atom. The number of nitrogens with one attached hydrogen (secondary N) is 1. The number of halogens is 2. The number of alkyl halides is 1. The smallest absolute Gasteiger partial charge is 0.258 e. The average molecular weight is 359 g/mol. The Morgan fingerprint density at radius 1 is 1.13 bits per heavy atom. The van der Waals surface area contributed by atoms with Gasteiger partial charge in [-0.1, -0.05) is 23.7 Å². The standard InChI is InChI=1S/C14H12ClFN2O4S/c15-11-3-1-10(2-4-11)14(16)9-17-23(21,22)13-7-5-12(6-8-13)18(19)20/h1-8,14,17H,9H2. The number of benzene rings is 2. The molecule has 1 atom stereocenters. The average Bonchev–Trinajstić information content (AvgIpc) is 2.53. The van der Waals surface area contributed by atoms with Crippen LogP contribution in [0.15, 0.2) is 53.4 Å². The Bertz CT molecular complexity index is 795. The Morgan fingerprint density at radius 3 is 2.22 bits per heavy atom. The van der Waals surface area contributed by atoms with E-state index in [0.717, 1.165) is 24.3 Å². The van der Waals surface area contributed by atoms with E-state index in [9.17, 15) is 22.9 Å². The molecule has 0 aliphatic heterocycles. The molecule has 0 fully saturated rings. The first-order valence-corrected chi connectivity index (χ1v) is 8.29. The lowest BCUT2D eigenvalue weighted by atomic mass is 10.1. The van der Waals surface area contributed by atoms with Crippen LogP contribution in [0.2, 0.25) is 5.02 Å². The van der Waals surface area contributed by atoms with Gasteiger partial charge in [-0.2, -0.15) is 0 Å². The lowest BCUT2D eigenvalue weighted by molar-refractivity contribution is -0.384. The first kappa shape index (κ1) is 17.3. The van der Waals surface area contributed by atoms with E-state index < -0.39 is 27.7 Å². The number of nitro benzene ring substituents is 1. The van der Waals surface area contributed by atoms with E-state index in [1.165, 1.54) is 24.3 Å². The molecule has 0 radical (unpaired) electrons. The van der Waals surface area contributed by atoms with Gasteiger partial charge in [-0.25, -0.2) is 17.5 Å². The maximum Gasteiger partial charge on any atom is 0.269 e. The van der Waals surface area contributed by atoms with Gasteiger partial charge < -0.3 is 0 Å². The number of nitro groups is 1. The van der Waals surface area contributed by atoms with Gasteiger partial charge in [0.25, 0.3) is 5.69 Å². The third-order valence-corrected chi connectivity index (χ3v) is 4.73. The van der Waals surface area contributed by atoms with Gasteiger partial charge in [0.1, 0.15) is 6.17 Å². The molecule has 1 unspecified atom stereocenters. The van der Waals surface area contributed by atoms with Crippen molar-refractivity contribution in [1.82, 2.24) is 4.72 Å². The Hall–Kier alpha value is -2.03. The van der Waals surface area contributed by atoms with E-state index >= 15 is 0 Å². The van der Waals surface area contributed by atoms with Crippen LogP contribution in [0, 0.1) is 10.1 Å². The molecule has 23 heavy (non-hydrogen) atoms. The summed E-state index contributed by atoms with van der Waals surface area (Å²) in [4.78, 5) is 9.73. The Kier molecular flexibility index (Phi) is 5.30. The van der Waals surface area contributed by atoms with Gasteiger partial charge in [-0.3, -0.25) is 10.1 Å². The molecule has 2 aromatic rings. The molecular weight excluding hydrogens is 347 g/mol. The highest BCUT2D eigenvalue weighted by molar-refractivity contribution is 7.89. The normalized spacial score (nSPS) is 12.8. The van der Waals surface area contributed by atoms with Gasteiger partial charge >= 0.3 is 0 Å². The Labute approximate surface area is 137 Å². The highest BCUT2D eigenvalue weighted by Gasteiger charge is 2.18. The first-order chi connectivity index (χ1) is 10.8. The first-order valence-electron chi connectivity index (χ1n) is 6.43. The lowest BCUT2D eigenvalue weighted by Crippen LogP contribution is -2.27. The maximum atomic E-state index is 14.0. The van der Waals surface area contributed by atoms with E-state index in [-0.39, 0.29) is 10.6 Å². The highest BCUT2D eigenvalue weighted by atomic mass is 35.5. The van der Waals surface area contributed by atoms with Crippen LogP contribution in [0.1, 0.15) is 11.7 Å². The Balaban J connectivity index is 2.06. The summed E-state index contributed by atoms with van der Waals surface area (Å²) in [5.41, 5.74) is 0.0641. The van der Waals surface area contributed by atoms with Gasteiger partial charge in [0.15, 0.2) is 0 Å². The molecule has 0 amide bonds. The van der Waals surface area contributed by atoms with Crippen molar-refractivity contribution < 1.29 is 17.7 Å². The van der Waals surface area contributed by atoms with Gasteiger partial charge in [-0.05, 0) is 29.8 Å². The summed E-state index contributed by atoms with van der Waals surface area (Å²) >= 11 is 5.70. The minimum Gasteiger partial charge on any atom is -0.258 e. The van der Waals surface area contributed by atoms with Crippen LogP contribution in [0.4, 0.5) is 10.1 Å². The van der Waals surface area contributed by atoms with Crippen LogP contribution in [0.3, 0.4) is 0 Å². The van der Waals surface area contributed by atoms with Crippen molar-refractivity contribution >= 4 is 27.3 Å². The fourth-order valence-corrected chi connectivity index (χ4v) is 2.96. The second kappa shape index (κ2) is 7.03. The van der Waals surface area contributed by atoms with Gasteiger partial charge in [-0.15, -0.1) is 0 Å². The fraction of sp³-hybridized carbons (Fsp3) is 0.143. The monoisotopic (exact) mass is 358 g/mol. The molecular formula is C14H12ClFN2O4S. The van der Waals surface area contributed by atoms with Crippen molar-refractivity contribution in [2.45, 2.75) is 11.1 Å². The molecule has 0 saturated carbocycles.